The molecule has 0 saturated heterocycles. The van der Waals surface area contributed by atoms with Crippen LogP contribution in [0.4, 0.5) is 0 Å². The van der Waals surface area contributed by atoms with Gasteiger partial charge in [0.25, 0.3) is 0 Å². The summed E-state index contributed by atoms with van der Waals surface area (Å²) in [6.07, 6.45) is 4.03. The quantitative estimate of drug-likeness (QED) is 0.613. The van der Waals surface area contributed by atoms with Crippen LogP contribution >= 0.6 is 0 Å². The zero-order valence-corrected chi connectivity index (χ0v) is 16.0. The lowest BCUT2D eigenvalue weighted by atomic mass is 9.88. The van der Waals surface area contributed by atoms with Crippen LogP contribution in [0.1, 0.15) is 65.4 Å². The number of carboxylic acid groups (broad SMARTS) is 1. The van der Waals surface area contributed by atoms with Crippen molar-refractivity contribution in [2.75, 3.05) is 0 Å². The van der Waals surface area contributed by atoms with Gasteiger partial charge >= 0.3 is 11.9 Å². The first-order valence-electron chi connectivity index (χ1n) is 9.16. The van der Waals surface area contributed by atoms with Gasteiger partial charge in [0, 0.05) is 6.42 Å². The summed E-state index contributed by atoms with van der Waals surface area (Å²) >= 11 is 0. The molecule has 0 radical (unpaired) electrons. The third-order valence-electron chi connectivity index (χ3n) is 4.14. The van der Waals surface area contributed by atoms with Crippen molar-refractivity contribution >= 4 is 11.9 Å². The third-order valence-corrected chi connectivity index (χ3v) is 4.14. The van der Waals surface area contributed by atoms with Crippen LogP contribution in [-0.4, -0.2) is 22.6 Å². The van der Waals surface area contributed by atoms with E-state index in [0.29, 0.717) is 12.8 Å². The highest BCUT2D eigenvalue weighted by atomic mass is 16.6. The Bertz CT molecular complexity index is 531. The number of benzene rings is 1. The Morgan fingerprint density at radius 3 is 2.32 bits per heavy atom. The van der Waals surface area contributed by atoms with Crippen molar-refractivity contribution in [3.05, 3.63) is 35.9 Å². The number of esters is 1. The largest absolute Gasteiger partial charge is 0.481 e. The van der Waals surface area contributed by atoms with Gasteiger partial charge in [-0.05, 0) is 64.4 Å². The van der Waals surface area contributed by atoms with E-state index < -0.39 is 11.6 Å². The molecule has 0 amide bonds. The van der Waals surface area contributed by atoms with Crippen molar-refractivity contribution in [3.63, 3.8) is 0 Å². The van der Waals surface area contributed by atoms with E-state index in [-0.39, 0.29) is 24.2 Å². The minimum Gasteiger partial charge on any atom is -0.481 e. The van der Waals surface area contributed by atoms with E-state index in [4.69, 9.17) is 9.84 Å². The second-order valence-corrected chi connectivity index (χ2v) is 7.88. The van der Waals surface area contributed by atoms with E-state index in [1.807, 2.05) is 45.9 Å². The van der Waals surface area contributed by atoms with Crippen molar-refractivity contribution in [3.8, 4) is 0 Å². The standard InChI is InChI=1S/C21H32O4/c1-16(13-14-19(22)23)15-18(20(24)25-21(2,3)4)12-8-11-17-9-6-5-7-10-17/h5-7,9-10,16,18H,8,11-15H2,1-4H3,(H,22,23)/t16-,18?/m1/s1. The smallest absolute Gasteiger partial charge is 0.309 e. The lowest BCUT2D eigenvalue weighted by Crippen LogP contribution is -2.29. The summed E-state index contributed by atoms with van der Waals surface area (Å²) in [5.41, 5.74) is 0.767. The summed E-state index contributed by atoms with van der Waals surface area (Å²) in [4.78, 5) is 23.3. The fourth-order valence-electron chi connectivity index (χ4n) is 2.89. The topological polar surface area (TPSA) is 63.6 Å². The summed E-state index contributed by atoms with van der Waals surface area (Å²) in [5, 5.41) is 8.83. The van der Waals surface area contributed by atoms with E-state index in [1.54, 1.807) is 0 Å². The van der Waals surface area contributed by atoms with Crippen LogP contribution in [-0.2, 0) is 20.7 Å². The molecule has 1 aromatic carbocycles. The highest BCUT2D eigenvalue weighted by Gasteiger charge is 2.26. The van der Waals surface area contributed by atoms with Crippen LogP contribution in [0, 0.1) is 11.8 Å². The Morgan fingerprint density at radius 1 is 1.12 bits per heavy atom. The van der Waals surface area contributed by atoms with Crippen LogP contribution in [0.15, 0.2) is 30.3 Å². The molecule has 4 nitrogen and oxygen atoms in total. The van der Waals surface area contributed by atoms with Gasteiger partial charge in [-0.1, -0.05) is 37.3 Å². The predicted molar refractivity (Wildman–Crippen MR) is 99.4 cm³/mol. The van der Waals surface area contributed by atoms with Crippen LogP contribution in [0.25, 0.3) is 0 Å². The summed E-state index contributed by atoms with van der Waals surface area (Å²) in [6, 6.07) is 10.2. The van der Waals surface area contributed by atoms with Crippen molar-refractivity contribution in [1.29, 1.82) is 0 Å². The zero-order chi connectivity index (χ0) is 18.9. The molecule has 0 aliphatic rings. The molecular weight excluding hydrogens is 316 g/mol. The lowest BCUT2D eigenvalue weighted by molar-refractivity contribution is -0.161. The molecule has 140 valence electrons. The van der Waals surface area contributed by atoms with Crippen LogP contribution in [0.3, 0.4) is 0 Å². The Morgan fingerprint density at radius 2 is 1.76 bits per heavy atom. The summed E-state index contributed by atoms with van der Waals surface area (Å²) in [5.74, 6) is -0.940. The van der Waals surface area contributed by atoms with Gasteiger partial charge in [0.05, 0.1) is 5.92 Å². The highest BCUT2D eigenvalue weighted by Crippen LogP contribution is 2.25. The average molecular weight is 348 g/mol. The highest BCUT2D eigenvalue weighted by molar-refractivity contribution is 5.73. The second-order valence-electron chi connectivity index (χ2n) is 7.88. The van der Waals surface area contributed by atoms with Crippen molar-refractivity contribution < 1.29 is 19.4 Å². The maximum Gasteiger partial charge on any atom is 0.309 e. The minimum absolute atomic E-state index is 0.145. The van der Waals surface area contributed by atoms with Crippen molar-refractivity contribution in [2.24, 2.45) is 11.8 Å². The van der Waals surface area contributed by atoms with Crippen LogP contribution in [0.2, 0.25) is 0 Å². The van der Waals surface area contributed by atoms with Crippen LogP contribution < -0.4 is 0 Å². The number of hydrogen-bond donors (Lipinski definition) is 1. The first kappa shape index (κ1) is 21.2. The molecule has 0 bridgehead atoms. The zero-order valence-electron chi connectivity index (χ0n) is 16.0. The number of aryl methyl sites for hydroxylation is 1. The van der Waals surface area contributed by atoms with Crippen molar-refractivity contribution in [2.45, 2.75) is 71.8 Å². The lowest BCUT2D eigenvalue weighted by Gasteiger charge is -2.25. The maximum atomic E-state index is 12.5. The Hall–Kier alpha value is -1.84. The fourth-order valence-corrected chi connectivity index (χ4v) is 2.89. The first-order chi connectivity index (χ1) is 11.7. The van der Waals surface area contributed by atoms with Gasteiger partial charge in [0.2, 0.25) is 0 Å². The number of carbonyl (C=O) groups is 2. The molecule has 1 N–H and O–H groups in total. The van der Waals surface area contributed by atoms with Gasteiger partial charge < -0.3 is 9.84 Å². The predicted octanol–water partition coefficient (Wildman–Crippen LogP) is 4.86. The number of hydrogen-bond acceptors (Lipinski definition) is 3. The second kappa shape index (κ2) is 10.2. The fraction of sp³-hybridized carbons (Fsp3) is 0.619. The first-order valence-corrected chi connectivity index (χ1v) is 9.16. The molecule has 0 heterocycles. The van der Waals surface area contributed by atoms with E-state index in [2.05, 4.69) is 12.1 Å². The monoisotopic (exact) mass is 348 g/mol. The normalized spacial score (nSPS) is 13.9. The molecule has 25 heavy (non-hydrogen) atoms. The Labute approximate surface area is 151 Å². The number of aliphatic carboxylic acids is 1. The number of carboxylic acids is 1. The third kappa shape index (κ3) is 9.90. The number of carbonyl (C=O) groups excluding carboxylic acids is 1. The summed E-state index contributed by atoms with van der Waals surface area (Å²) in [7, 11) is 0. The van der Waals surface area contributed by atoms with Crippen molar-refractivity contribution in [1.82, 2.24) is 0 Å². The molecule has 4 heteroatoms. The van der Waals surface area contributed by atoms with E-state index >= 15 is 0 Å². The molecule has 0 spiro atoms. The average Bonchev–Trinajstić information content (AvgIpc) is 2.51. The van der Waals surface area contributed by atoms with E-state index in [1.165, 1.54) is 5.56 Å². The van der Waals surface area contributed by atoms with Crippen LogP contribution in [0.5, 0.6) is 0 Å². The number of ether oxygens (including phenoxy) is 1. The Balaban J connectivity index is 2.60. The van der Waals surface area contributed by atoms with E-state index in [0.717, 1.165) is 19.3 Å². The van der Waals surface area contributed by atoms with E-state index in [9.17, 15) is 9.59 Å². The molecule has 1 rings (SSSR count). The molecule has 1 aromatic rings. The molecular formula is C21H32O4. The van der Waals surface area contributed by atoms with Gasteiger partial charge in [-0.2, -0.15) is 0 Å². The summed E-state index contributed by atoms with van der Waals surface area (Å²) < 4.78 is 5.57. The molecule has 0 aliphatic heterocycles. The maximum absolute atomic E-state index is 12.5. The molecule has 0 aliphatic carbocycles. The summed E-state index contributed by atoms with van der Waals surface area (Å²) in [6.45, 7) is 7.64. The van der Waals surface area contributed by atoms with Gasteiger partial charge in [0.1, 0.15) is 5.60 Å². The molecule has 0 saturated carbocycles. The van der Waals surface area contributed by atoms with Gasteiger partial charge in [-0.3, -0.25) is 9.59 Å². The van der Waals surface area contributed by atoms with Gasteiger partial charge in [-0.15, -0.1) is 0 Å². The molecule has 0 aromatic heterocycles. The SMILES string of the molecule is C[C@H](CCC(=O)O)CC(CCCc1ccccc1)C(=O)OC(C)(C)C. The minimum atomic E-state index is -0.787. The molecule has 1 unspecified atom stereocenters. The molecule has 0 fully saturated rings. The number of rotatable bonds is 10. The van der Waals surface area contributed by atoms with Gasteiger partial charge in [0.15, 0.2) is 0 Å². The molecule has 2 atom stereocenters. The Kier molecular flexibility index (Phi) is 8.67. The van der Waals surface area contributed by atoms with Gasteiger partial charge in [-0.25, -0.2) is 0 Å².